The third-order valence-corrected chi connectivity index (χ3v) is 5.80. The number of anilines is 1. The Labute approximate surface area is 184 Å². The fraction of sp³-hybridized carbons (Fsp3) is 0.522. The molecule has 1 aliphatic rings. The molecule has 0 saturated carbocycles. The Balaban J connectivity index is 1.41. The minimum Gasteiger partial charge on any atom is -0.368 e. The van der Waals surface area contributed by atoms with Gasteiger partial charge < -0.3 is 25.0 Å². The second-order valence-electron chi connectivity index (χ2n) is 7.71. The van der Waals surface area contributed by atoms with E-state index in [4.69, 9.17) is 4.52 Å². The molecule has 168 valence electrons. The summed E-state index contributed by atoms with van der Waals surface area (Å²) in [4.78, 5) is 21.0. The molecule has 3 rings (SSSR count). The van der Waals surface area contributed by atoms with Crippen LogP contribution in [-0.2, 0) is 11.3 Å². The molecule has 2 N–H and O–H groups in total. The van der Waals surface area contributed by atoms with Gasteiger partial charge in [-0.1, -0.05) is 37.2 Å². The number of nitrogens with one attached hydrogen (secondary N) is 2. The van der Waals surface area contributed by atoms with Crippen LogP contribution in [0.4, 0.5) is 5.69 Å². The van der Waals surface area contributed by atoms with E-state index in [2.05, 4.69) is 51.7 Å². The maximum atomic E-state index is 12.6. The molecule has 2 aromatic rings. The quantitative estimate of drug-likeness (QED) is 0.499. The van der Waals surface area contributed by atoms with Crippen LogP contribution >= 0.6 is 0 Å². The molecule has 1 amide bonds. The molecule has 31 heavy (non-hydrogen) atoms. The predicted octanol–water partition coefficient (Wildman–Crippen LogP) is 2.59. The molecule has 1 aliphatic heterocycles. The van der Waals surface area contributed by atoms with Gasteiger partial charge in [0.25, 0.3) is 0 Å². The average Bonchev–Trinajstić information content (AvgIpc) is 3.29. The summed E-state index contributed by atoms with van der Waals surface area (Å²) in [5.74, 6) is 1.83. The van der Waals surface area contributed by atoms with E-state index >= 15 is 0 Å². The SMILES string of the molecule is CCC(CC)c1cc(CNC(=NC)NCC(=O)N2CCN(c3ccccc3)CC2)on1. The number of aliphatic imine (C=N–C) groups is 1. The highest BCUT2D eigenvalue weighted by atomic mass is 16.5. The summed E-state index contributed by atoms with van der Waals surface area (Å²) < 4.78 is 5.44. The molecule has 0 spiro atoms. The minimum absolute atomic E-state index is 0.0753. The van der Waals surface area contributed by atoms with Gasteiger partial charge in [0.2, 0.25) is 5.91 Å². The number of hydrogen-bond acceptors (Lipinski definition) is 5. The maximum Gasteiger partial charge on any atom is 0.242 e. The lowest BCUT2D eigenvalue weighted by atomic mass is 9.99. The Morgan fingerprint density at radius 2 is 1.84 bits per heavy atom. The lowest BCUT2D eigenvalue weighted by molar-refractivity contribution is -0.130. The van der Waals surface area contributed by atoms with Crippen LogP contribution in [0.2, 0.25) is 0 Å². The number of hydrogen-bond donors (Lipinski definition) is 2. The van der Waals surface area contributed by atoms with Crippen molar-refractivity contribution in [2.24, 2.45) is 4.99 Å². The maximum absolute atomic E-state index is 12.6. The number of carbonyl (C=O) groups is 1. The number of benzene rings is 1. The first-order chi connectivity index (χ1) is 15.1. The van der Waals surface area contributed by atoms with Crippen molar-refractivity contribution in [1.82, 2.24) is 20.7 Å². The Kier molecular flexibility index (Phi) is 8.32. The molecular formula is C23H34N6O2. The van der Waals surface area contributed by atoms with Crippen LogP contribution in [0.3, 0.4) is 0 Å². The molecule has 2 heterocycles. The molecule has 1 aromatic carbocycles. The van der Waals surface area contributed by atoms with Crippen LogP contribution < -0.4 is 15.5 Å². The van der Waals surface area contributed by atoms with Crippen molar-refractivity contribution >= 4 is 17.6 Å². The number of guanidine groups is 1. The van der Waals surface area contributed by atoms with E-state index in [0.717, 1.165) is 50.5 Å². The van der Waals surface area contributed by atoms with Gasteiger partial charge in [0.05, 0.1) is 18.8 Å². The van der Waals surface area contributed by atoms with Gasteiger partial charge in [0.15, 0.2) is 11.7 Å². The first kappa shape index (κ1) is 22.7. The first-order valence-electron chi connectivity index (χ1n) is 11.1. The second-order valence-corrected chi connectivity index (χ2v) is 7.71. The lowest BCUT2D eigenvalue weighted by Gasteiger charge is -2.36. The van der Waals surface area contributed by atoms with E-state index in [0.29, 0.717) is 18.4 Å². The Bertz CT molecular complexity index is 839. The summed E-state index contributed by atoms with van der Waals surface area (Å²) in [6.45, 7) is 8.12. The zero-order chi connectivity index (χ0) is 22.1. The highest BCUT2D eigenvalue weighted by Gasteiger charge is 2.21. The lowest BCUT2D eigenvalue weighted by Crippen LogP contribution is -2.52. The van der Waals surface area contributed by atoms with Gasteiger partial charge >= 0.3 is 0 Å². The molecule has 0 unspecified atom stereocenters. The van der Waals surface area contributed by atoms with Gasteiger partial charge in [-0.15, -0.1) is 0 Å². The normalized spacial score (nSPS) is 14.8. The summed E-state index contributed by atoms with van der Waals surface area (Å²) in [6, 6.07) is 12.3. The van der Waals surface area contributed by atoms with Crippen LogP contribution in [0.1, 0.15) is 44.1 Å². The Morgan fingerprint density at radius 1 is 1.13 bits per heavy atom. The summed E-state index contributed by atoms with van der Waals surface area (Å²) >= 11 is 0. The first-order valence-corrected chi connectivity index (χ1v) is 11.1. The van der Waals surface area contributed by atoms with Crippen molar-refractivity contribution in [3.63, 3.8) is 0 Å². The third kappa shape index (κ3) is 6.23. The summed E-state index contributed by atoms with van der Waals surface area (Å²) in [5.41, 5.74) is 2.20. The number of para-hydroxylation sites is 1. The van der Waals surface area contributed by atoms with Gasteiger partial charge in [0, 0.05) is 50.9 Å². The second kappa shape index (κ2) is 11.4. The van der Waals surface area contributed by atoms with Gasteiger partial charge in [0.1, 0.15) is 0 Å². The molecule has 0 radical (unpaired) electrons. The molecule has 1 fully saturated rings. The van der Waals surface area contributed by atoms with E-state index in [1.807, 2.05) is 29.2 Å². The van der Waals surface area contributed by atoms with Crippen molar-refractivity contribution in [2.75, 3.05) is 44.7 Å². The third-order valence-electron chi connectivity index (χ3n) is 5.80. The minimum atomic E-state index is 0.0753. The van der Waals surface area contributed by atoms with Crippen LogP contribution in [0.25, 0.3) is 0 Å². The molecule has 8 nitrogen and oxygen atoms in total. The number of aromatic nitrogens is 1. The van der Waals surface area contributed by atoms with E-state index in [1.165, 1.54) is 5.69 Å². The van der Waals surface area contributed by atoms with Gasteiger partial charge in [-0.2, -0.15) is 0 Å². The van der Waals surface area contributed by atoms with Crippen molar-refractivity contribution < 1.29 is 9.32 Å². The molecule has 0 atom stereocenters. The van der Waals surface area contributed by atoms with Gasteiger partial charge in [-0.05, 0) is 25.0 Å². The molecule has 1 saturated heterocycles. The Hall–Kier alpha value is -3.03. The topological polar surface area (TPSA) is 86.0 Å². The van der Waals surface area contributed by atoms with Crippen molar-refractivity contribution in [3.05, 3.63) is 47.9 Å². The number of nitrogens with zero attached hydrogens (tertiary/aromatic N) is 4. The summed E-state index contributed by atoms with van der Waals surface area (Å²) in [6.07, 6.45) is 2.09. The summed E-state index contributed by atoms with van der Waals surface area (Å²) in [7, 11) is 1.69. The number of carbonyl (C=O) groups excluding carboxylic acids is 1. The molecular weight excluding hydrogens is 392 g/mol. The smallest absolute Gasteiger partial charge is 0.242 e. The highest BCUT2D eigenvalue weighted by molar-refractivity contribution is 5.86. The van der Waals surface area contributed by atoms with Crippen LogP contribution in [0.5, 0.6) is 0 Å². The molecule has 1 aromatic heterocycles. The fourth-order valence-corrected chi connectivity index (χ4v) is 3.83. The zero-order valence-electron chi connectivity index (χ0n) is 18.8. The molecule has 0 aliphatic carbocycles. The van der Waals surface area contributed by atoms with Crippen LogP contribution in [-0.4, -0.2) is 61.7 Å². The van der Waals surface area contributed by atoms with Crippen LogP contribution in [0.15, 0.2) is 45.9 Å². The number of amides is 1. The monoisotopic (exact) mass is 426 g/mol. The predicted molar refractivity (Wildman–Crippen MR) is 123 cm³/mol. The van der Waals surface area contributed by atoms with E-state index in [-0.39, 0.29) is 12.5 Å². The molecule has 8 heteroatoms. The summed E-state index contributed by atoms with van der Waals surface area (Å²) in [5, 5.41) is 10.5. The van der Waals surface area contributed by atoms with Gasteiger partial charge in [-0.25, -0.2) is 0 Å². The van der Waals surface area contributed by atoms with E-state index in [9.17, 15) is 4.79 Å². The average molecular weight is 427 g/mol. The van der Waals surface area contributed by atoms with E-state index < -0.39 is 0 Å². The van der Waals surface area contributed by atoms with Crippen molar-refractivity contribution in [1.29, 1.82) is 0 Å². The van der Waals surface area contributed by atoms with Crippen molar-refractivity contribution in [3.8, 4) is 0 Å². The Morgan fingerprint density at radius 3 is 2.48 bits per heavy atom. The van der Waals surface area contributed by atoms with Crippen LogP contribution in [0, 0.1) is 0 Å². The fourth-order valence-electron chi connectivity index (χ4n) is 3.83. The van der Waals surface area contributed by atoms with E-state index in [1.54, 1.807) is 7.05 Å². The number of piperazine rings is 1. The largest absolute Gasteiger partial charge is 0.368 e. The molecule has 0 bridgehead atoms. The zero-order valence-corrected chi connectivity index (χ0v) is 18.8. The van der Waals surface area contributed by atoms with Crippen molar-refractivity contribution in [2.45, 2.75) is 39.2 Å². The van der Waals surface area contributed by atoms with Gasteiger partial charge in [-0.3, -0.25) is 9.79 Å². The highest BCUT2D eigenvalue weighted by Crippen LogP contribution is 2.22. The number of rotatable bonds is 8. The standard InChI is InChI=1S/C23H34N6O2/c1-4-18(5-2)21-15-20(31-27-21)16-25-23(24-3)26-17-22(30)29-13-11-28(12-14-29)19-9-7-6-8-10-19/h6-10,15,18H,4-5,11-14,16-17H2,1-3H3,(H2,24,25,26).